The van der Waals surface area contributed by atoms with Crippen molar-refractivity contribution in [1.82, 2.24) is 4.98 Å². The van der Waals surface area contributed by atoms with Gasteiger partial charge in [-0.1, -0.05) is 0 Å². The van der Waals surface area contributed by atoms with Crippen LogP contribution in [0, 0.1) is 13.8 Å². The highest BCUT2D eigenvalue weighted by molar-refractivity contribution is 5.35. The first-order chi connectivity index (χ1) is 7.19. The molecule has 0 atom stereocenters. The molecule has 4 heteroatoms. The Morgan fingerprint density at radius 1 is 1.33 bits per heavy atom. The van der Waals surface area contributed by atoms with Crippen LogP contribution < -0.4 is 4.74 Å². The Hall–Kier alpha value is -1.13. The molecule has 0 saturated carbocycles. The Kier molecular flexibility index (Phi) is 4.52. The average Bonchev–Trinajstić information content (AvgIpc) is 2.17. The number of pyridine rings is 1. The van der Waals surface area contributed by atoms with Crippen LogP contribution in [-0.2, 0) is 6.61 Å². The lowest BCUT2D eigenvalue weighted by Crippen LogP contribution is -2.06. The zero-order chi connectivity index (χ0) is 11.3. The second-order valence-electron chi connectivity index (χ2n) is 3.45. The topological polar surface area (TPSA) is 62.6 Å². The molecule has 0 radical (unpaired) electrons. The highest BCUT2D eigenvalue weighted by Gasteiger charge is 2.08. The van der Waals surface area contributed by atoms with Crippen molar-refractivity contribution in [3.63, 3.8) is 0 Å². The predicted octanol–water partition coefficient (Wildman–Crippen LogP) is 0.952. The Labute approximate surface area is 89.5 Å². The lowest BCUT2D eigenvalue weighted by molar-refractivity contribution is 0.220. The predicted molar refractivity (Wildman–Crippen MR) is 56.8 cm³/mol. The van der Waals surface area contributed by atoms with Crippen molar-refractivity contribution in [3.8, 4) is 5.88 Å². The average molecular weight is 211 g/mol. The van der Waals surface area contributed by atoms with Crippen molar-refractivity contribution in [3.05, 3.63) is 22.9 Å². The van der Waals surface area contributed by atoms with Gasteiger partial charge in [-0.3, -0.25) is 0 Å². The van der Waals surface area contributed by atoms with E-state index in [-0.39, 0.29) is 13.2 Å². The van der Waals surface area contributed by atoms with Crippen LogP contribution >= 0.6 is 0 Å². The van der Waals surface area contributed by atoms with Crippen LogP contribution in [0.5, 0.6) is 5.88 Å². The quantitative estimate of drug-likeness (QED) is 0.712. The van der Waals surface area contributed by atoms with E-state index < -0.39 is 0 Å². The van der Waals surface area contributed by atoms with E-state index >= 15 is 0 Å². The van der Waals surface area contributed by atoms with E-state index in [1.54, 1.807) is 0 Å². The standard InChI is InChI=1S/C11H17NO3/c1-8-6-9(2)12-11(10(8)7-14)15-5-3-4-13/h6,13-14H,3-5,7H2,1-2H3. The van der Waals surface area contributed by atoms with Gasteiger partial charge in [0, 0.05) is 24.3 Å². The van der Waals surface area contributed by atoms with E-state index in [2.05, 4.69) is 4.98 Å². The number of hydrogen-bond acceptors (Lipinski definition) is 4. The summed E-state index contributed by atoms with van der Waals surface area (Å²) in [6.07, 6.45) is 0.569. The van der Waals surface area contributed by atoms with Crippen LogP contribution in [0.3, 0.4) is 0 Å². The second-order valence-corrected chi connectivity index (χ2v) is 3.45. The summed E-state index contributed by atoms with van der Waals surface area (Å²) in [5.74, 6) is 0.475. The number of aromatic nitrogens is 1. The van der Waals surface area contributed by atoms with Gasteiger partial charge in [-0.2, -0.15) is 0 Å². The van der Waals surface area contributed by atoms with Crippen LogP contribution in [0.25, 0.3) is 0 Å². The fraction of sp³-hybridized carbons (Fsp3) is 0.545. The van der Waals surface area contributed by atoms with E-state index in [9.17, 15) is 5.11 Å². The Morgan fingerprint density at radius 2 is 2.07 bits per heavy atom. The molecule has 0 fully saturated rings. The van der Waals surface area contributed by atoms with Crippen LogP contribution in [-0.4, -0.2) is 28.4 Å². The lowest BCUT2D eigenvalue weighted by atomic mass is 10.1. The van der Waals surface area contributed by atoms with E-state index in [0.29, 0.717) is 18.9 Å². The maximum atomic E-state index is 9.18. The van der Waals surface area contributed by atoms with Crippen molar-refractivity contribution >= 4 is 0 Å². The highest BCUT2D eigenvalue weighted by Crippen LogP contribution is 2.20. The third-order valence-corrected chi connectivity index (χ3v) is 2.14. The van der Waals surface area contributed by atoms with Crippen LogP contribution in [0.2, 0.25) is 0 Å². The molecule has 0 unspecified atom stereocenters. The molecule has 84 valence electrons. The fourth-order valence-electron chi connectivity index (χ4n) is 1.37. The lowest BCUT2D eigenvalue weighted by Gasteiger charge is -2.11. The van der Waals surface area contributed by atoms with E-state index in [4.69, 9.17) is 9.84 Å². The molecule has 0 aliphatic carbocycles. The molecule has 2 N–H and O–H groups in total. The monoisotopic (exact) mass is 211 g/mol. The summed E-state index contributed by atoms with van der Waals surface area (Å²) in [7, 11) is 0. The van der Waals surface area contributed by atoms with Gasteiger partial charge in [-0.25, -0.2) is 4.98 Å². The summed E-state index contributed by atoms with van der Waals surface area (Å²) < 4.78 is 5.40. The van der Waals surface area contributed by atoms with E-state index in [0.717, 1.165) is 16.8 Å². The molecular formula is C11H17NO3. The zero-order valence-corrected chi connectivity index (χ0v) is 9.16. The maximum Gasteiger partial charge on any atom is 0.219 e. The van der Waals surface area contributed by atoms with Crippen molar-refractivity contribution in [2.45, 2.75) is 26.9 Å². The number of rotatable bonds is 5. The molecule has 0 aliphatic rings. The minimum Gasteiger partial charge on any atom is -0.477 e. The molecule has 4 nitrogen and oxygen atoms in total. The first-order valence-corrected chi connectivity index (χ1v) is 5.00. The molecule has 1 aromatic heterocycles. The molecule has 15 heavy (non-hydrogen) atoms. The number of nitrogens with zero attached hydrogens (tertiary/aromatic N) is 1. The second kappa shape index (κ2) is 5.68. The molecule has 0 aliphatic heterocycles. The minimum absolute atomic E-state index is 0.0758. The van der Waals surface area contributed by atoms with E-state index in [1.807, 2.05) is 19.9 Å². The first-order valence-electron chi connectivity index (χ1n) is 5.00. The summed E-state index contributed by atoms with van der Waals surface area (Å²) in [6, 6.07) is 1.91. The largest absolute Gasteiger partial charge is 0.477 e. The van der Waals surface area contributed by atoms with Gasteiger partial charge in [-0.05, 0) is 25.5 Å². The summed E-state index contributed by atoms with van der Waals surface area (Å²) >= 11 is 0. The summed E-state index contributed by atoms with van der Waals surface area (Å²) in [5.41, 5.74) is 2.56. The van der Waals surface area contributed by atoms with Gasteiger partial charge in [-0.15, -0.1) is 0 Å². The Bertz CT molecular complexity index is 326. The summed E-state index contributed by atoms with van der Waals surface area (Å²) in [6.45, 7) is 4.23. The minimum atomic E-state index is -0.0758. The molecule has 0 aromatic carbocycles. The van der Waals surface area contributed by atoms with Gasteiger partial charge in [0.05, 0.1) is 13.2 Å². The van der Waals surface area contributed by atoms with Crippen LogP contribution in [0.1, 0.15) is 23.2 Å². The van der Waals surface area contributed by atoms with Gasteiger partial charge in [0.1, 0.15) is 0 Å². The van der Waals surface area contributed by atoms with E-state index in [1.165, 1.54) is 0 Å². The number of aryl methyl sites for hydroxylation is 2. The number of aliphatic hydroxyl groups is 2. The normalized spacial score (nSPS) is 10.4. The zero-order valence-electron chi connectivity index (χ0n) is 9.16. The third kappa shape index (κ3) is 3.18. The SMILES string of the molecule is Cc1cc(C)c(CO)c(OCCCO)n1. The van der Waals surface area contributed by atoms with Gasteiger partial charge >= 0.3 is 0 Å². The summed E-state index contributed by atoms with van der Waals surface area (Å²) in [4.78, 5) is 4.21. The molecule has 0 spiro atoms. The van der Waals surface area contributed by atoms with Gasteiger partial charge in [0.25, 0.3) is 0 Å². The molecule has 0 bridgehead atoms. The third-order valence-electron chi connectivity index (χ3n) is 2.14. The Balaban J connectivity index is 2.84. The molecule has 1 heterocycles. The van der Waals surface area contributed by atoms with Crippen LogP contribution in [0.15, 0.2) is 6.07 Å². The van der Waals surface area contributed by atoms with Crippen molar-refractivity contribution in [2.24, 2.45) is 0 Å². The Morgan fingerprint density at radius 3 is 2.67 bits per heavy atom. The molecule has 1 aromatic rings. The molecule has 0 saturated heterocycles. The molecule has 1 rings (SSSR count). The highest BCUT2D eigenvalue weighted by atomic mass is 16.5. The van der Waals surface area contributed by atoms with Crippen molar-refractivity contribution < 1.29 is 14.9 Å². The van der Waals surface area contributed by atoms with Gasteiger partial charge in [0.2, 0.25) is 5.88 Å². The number of aliphatic hydroxyl groups excluding tert-OH is 2. The van der Waals surface area contributed by atoms with Crippen molar-refractivity contribution in [1.29, 1.82) is 0 Å². The summed E-state index contributed by atoms with van der Waals surface area (Å²) in [5, 5.41) is 17.8. The first kappa shape index (κ1) is 11.9. The van der Waals surface area contributed by atoms with Gasteiger partial charge < -0.3 is 14.9 Å². The van der Waals surface area contributed by atoms with Crippen LogP contribution in [0.4, 0.5) is 0 Å². The molecular weight excluding hydrogens is 194 g/mol. The van der Waals surface area contributed by atoms with Gasteiger partial charge in [0.15, 0.2) is 0 Å². The number of hydrogen-bond donors (Lipinski definition) is 2. The fourth-order valence-corrected chi connectivity index (χ4v) is 1.37. The molecule has 0 amide bonds. The smallest absolute Gasteiger partial charge is 0.219 e. The van der Waals surface area contributed by atoms with Crippen molar-refractivity contribution in [2.75, 3.05) is 13.2 Å². The number of ether oxygens (including phenoxy) is 1. The maximum absolute atomic E-state index is 9.18.